The van der Waals surface area contributed by atoms with Crippen LogP contribution in [0.3, 0.4) is 0 Å². The first-order chi connectivity index (χ1) is 6.31. The molecule has 0 heterocycles. The van der Waals surface area contributed by atoms with E-state index >= 15 is 0 Å². The third-order valence-corrected chi connectivity index (χ3v) is 2.15. The Kier molecular flexibility index (Phi) is 17.0. The van der Waals surface area contributed by atoms with Crippen LogP contribution in [-0.4, -0.2) is 18.6 Å². The molecular formula is C11H25NS. The van der Waals surface area contributed by atoms with E-state index in [9.17, 15) is 0 Å². The van der Waals surface area contributed by atoms with Gasteiger partial charge in [0.2, 0.25) is 0 Å². The van der Waals surface area contributed by atoms with Gasteiger partial charge in [0.15, 0.2) is 0 Å². The summed E-state index contributed by atoms with van der Waals surface area (Å²) in [4.78, 5) is 0. The molecule has 13 heavy (non-hydrogen) atoms. The van der Waals surface area contributed by atoms with Gasteiger partial charge in [-0.25, -0.2) is 0 Å². The van der Waals surface area contributed by atoms with Crippen LogP contribution in [0, 0.1) is 0 Å². The summed E-state index contributed by atoms with van der Waals surface area (Å²) in [6.07, 6.45) is 5.68. The Hall–Kier alpha value is -0.110. The maximum absolute atomic E-state index is 3.92. The van der Waals surface area contributed by atoms with Crippen LogP contribution in [0.2, 0.25) is 0 Å². The average Bonchev–Trinajstić information content (AvgIpc) is 2.16. The van der Waals surface area contributed by atoms with Gasteiger partial charge in [-0.15, -0.1) is 0 Å². The van der Waals surface area contributed by atoms with E-state index in [1.807, 2.05) is 25.6 Å². The van der Waals surface area contributed by atoms with Gasteiger partial charge in [-0.2, -0.15) is 11.8 Å². The van der Waals surface area contributed by atoms with Crippen molar-refractivity contribution in [1.29, 1.82) is 0 Å². The van der Waals surface area contributed by atoms with Crippen molar-refractivity contribution in [3.8, 4) is 0 Å². The van der Waals surface area contributed by atoms with Crippen molar-refractivity contribution >= 4 is 11.8 Å². The molecule has 0 aliphatic carbocycles. The molecule has 0 unspecified atom stereocenters. The third kappa shape index (κ3) is 14.7. The zero-order chi connectivity index (χ0) is 10.5. The molecule has 0 amide bonds. The van der Waals surface area contributed by atoms with Crippen molar-refractivity contribution in [2.45, 2.75) is 40.0 Å². The molecule has 1 N–H and O–H groups in total. The highest BCUT2D eigenvalue weighted by Gasteiger charge is 1.90. The Morgan fingerprint density at radius 1 is 1.38 bits per heavy atom. The largest absolute Gasteiger partial charge is 0.389 e. The van der Waals surface area contributed by atoms with Crippen LogP contribution >= 0.6 is 11.8 Å². The first-order valence-corrected chi connectivity index (χ1v) is 6.61. The second-order valence-electron chi connectivity index (χ2n) is 2.63. The Bertz CT molecular complexity index is 102. The summed E-state index contributed by atoms with van der Waals surface area (Å²) in [7, 11) is 0. The van der Waals surface area contributed by atoms with Crippen LogP contribution in [0.25, 0.3) is 0 Å². The lowest BCUT2D eigenvalue weighted by atomic mass is 10.3. The van der Waals surface area contributed by atoms with Crippen molar-refractivity contribution in [3.05, 3.63) is 12.3 Å². The molecule has 1 nitrogen and oxygen atoms in total. The Balaban J connectivity index is 0. The molecule has 0 aliphatic heterocycles. The van der Waals surface area contributed by atoms with Gasteiger partial charge in [0.25, 0.3) is 0 Å². The SMILES string of the molecule is C=C(CCC)NCCCSC.CC. The summed E-state index contributed by atoms with van der Waals surface area (Å²) in [5, 5.41) is 3.31. The molecule has 0 aromatic carbocycles. The van der Waals surface area contributed by atoms with Crippen LogP contribution in [-0.2, 0) is 0 Å². The molecule has 0 bridgehead atoms. The number of nitrogens with one attached hydrogen (secondary N) is 1. The first-order valence-electron chi connectivity index (χ1n) is 5.21. The molecule has 0 saturated carbocycles. The van der Waals surface area contributed by atoms with E-state index in [4.69, 9.17) is 0 Å². The number of thioether (sulfide) groups is 1. The van der Waals surface area contributed by atoms with Crippen molar-refractivity contribution in [2.24, 2.45) is 0 Å². The molecule has 0 aromatic heterocycles. The minimum atomic E-state index is 1.08. The van der Waals surface area contributed by atoms with Crippen LogP contribution in [0.4, 0.5) is 0 Å². The van der Waals surface area contributed by atoms with E-state index < -0.39 is 0 Å². The predicted molar refractivity (Wildman–Crippen MR) is 66.4 cm³/mol. The Labute approximate surface area is 88.4 Å². The summed E-state index contributed by atoms with van der Waals surface area (Å²) in [6.45, 7) is 11.2. The van der Waals surface area contributed by atoms with Gasteiger partial charge < -0.3 is 5.32 Å². The zero-order valence-corrected chi connectivity index (χ0v) is 10.5. The summed E-state index contributed by atoms with van der Waals surface area (Å²) in [6, 6.07) is 0. The lowest BCUT2D eigenvalue weighted by molar-refractivity contribution is 0.723. The van der Waals surface area contributed by atoms with E-state index in [1.165, 1.54) is 24.3 Å². The van der Waals surface area contributed by atoms with Crippen molar-refractivity contribution in [3.63, 3.8) is 0 Å². The summed E-state index contributed by atoms with van der Waals surface area (Å²) in [5.74, 6) is 1.24. The zero-order valence-electron chi connectivity index (χ0n) is 9.65. The van der Waals surface area contributed by atoms with Gasteiger partial charge in [0.1, 0.15) is 0 Å². The molecule has 0 aromatic rings. The summed E-state index contributed by atoms with van der Waals surface area (Å²) < 4.78 is 0. The van der Waals surface area contributed by atoms with E-state index in [0.29, 0.717) is 0 Å². The number of rotatable bonds is 7. The molecule has 80 valence electrons. The Morgan fingerprint density at radius 2 is 2.00 bits per heavy atom. The van der Waals surface area contributed by atoms with Crippen molar-refractivity contribution < 1.29 is 0 Å². The van der Waals surface area contributed by atoms with Gasteiger partial charge in [-0.3, -0.25) is 0 Å². The van der Waals surface area contributed by atoms with Crippen LogP contribution in [0.15, 0.2) is 12.3 Å². The quantitative estimate of drug-likeness (QED) is 0.634. The van der Waals surface area contributed by atoms with Crippen LogP contribution in [0.5, 0.6) is 0 Å². The molecule has 0 saturated heterocycles. The van der Waals surface area contributed by atoms with E-state index in [1.54, 1.807) is 0 Å². The van der Waals surface area contributed by atoms with Crippen LogP contribution in [0.1, 0.15) is 40.0 Å². The third-order valence-electron chi connectivity index (χ3n) is 1.45. The maximum Gasteiger partial charge on any atom is 0.0151 e. The average molecular weight is 203 g/mol. The van der Waals surface area contributed by atoms with E-state index in [2.05, 4.69) is 25.1 Å². The lowest BCUT2D eigenvalue weighted by Crippen LogP contribution is -2.14. The molecule has 0 aliphatic rings. The van der Waals surface area contributed by atoms with Gasteiger partial charge >= 0.3 is 0 Å². The summed E-state index contributed by atoms with van der Waals surface area (Å²) >= 11 is 1.90. The smallest absolute Gasteiger partial charge is 0.0151 e. The minimum absolute atomic E-state index is 1.08. The fourth-order valence-corrected chi connectivity index (χ4v) is 1.30. The maximum atomic E-state index is 3.92. The minimum Gasteiger partial charge on any atom is -0.389 e. The van der Waals surface area contributed by atoms with E-state index in [0.717, 1.165) is 13.0 Å². The molecule has 0 spiro atoms. The number of hydrogen-bond acceptors (Lipinski definition) is 2. The highest BCUT2D eigenvalue weighted by molar-refractivity contribution is 7.98. The monoisotopic (exact) mass is 203 g/mol. The number of hydrogen-bond donors (Lipinski definition) is 1. The summed E-state index contributed by atoms with van der Waals surface area (Å²) in [5.41, 5.74) is 1.19. The fourth-order valence-electron chi connectivity index (χ4n) is 0.872. The predicted octanol–water partition coefficient (Wildman–Crippen LogP) is 3.67. The molecule has 0 atom stereocenters. The normalized spacial score (nSPS) is 8.62. The topological polar surface area (TPSA) is 12.0 Å². The molecule has 2 heteroatoms. The Morgan fingerprint density at radius 3 is 2.46 bits per heavy atom. The van der Waals surface area contributed by atoms with Crippen molar-refractivity contribution in [1.82, 2.24) is 5.32 Å². The molecule has 0 rings (SSSR count). The fraction of sp³-hybridized carbons (Fsp3) is 0.818. The highest BCUT2D eigenvalue weighted by Crippen LogP contribution is 1.98. The molecular weight excluding hydrogens is 178 g/mol. The van der Waals surface area contributed by atoms with Crippen LogP contribution < -0.4 is 5.32 Å². The van der Waals surface area contributed by atoms with Gasteiger partial charge in [-0.05, 0) is 24.9 Å². The standard InChI is InChI=1S/C9H19NS.C2H6/c1-4-6-9(2)10-7-5-8-11-3;1-2/h10H,2,4-8H2,1,3H3;1-2H3. The van der Waals surface area contributed by atoms with Gasteiger partial charge in [0.05, 0.1) is 0 Å². The van der Waals surface area contributed by atoms with E-state index in [-0.39, 0.29) is 0 Å². The highest BCUT2D eigenvalue weighted by atomic mass is 32.2. The van der Waals surface area contributed by atoms with Gasteiger partial charge in [0, 0.05) is 12.2 Å². The lowest BCUT2D eigenvalue weighted by Gasteiger charge is -2.06. The second-order valence-corrected chi connectivity index (χ2v) is 3.61. The number of allylic oxidation sites excluding steroid dienone is 1. The first kappa shape index (κ1) is 15.4. The molecule has 0 fully saturated rings. The molecule has 0 radical (unpaired) electrons. The van der Waals surface area contributed by atoms with Crippen molar-refractivity contribution in [2.75, 3.05) is 18.6 Å². The second kappa shape index (κ2) is 14.4. The van der Waals surface area contributed by atoms with Gasteiger partial charge in [-0.1, -0.05) is 33.8 Å².